The third-order valence-corrected chi connectivity index (χ3v) is 4.78. The van der Waals surface area contributed by atoms with Crippen molar-refractivity contribution in [3.63, 3.8) is 0 Å². The first kappa shape index (κ1) is 21.7. The van der Waals surface area contributed by atoms with E-state index in [0.29, 0.717) is 5.92 Å². The van der Waals surface area contributed by atoms with Gasteiger partial charge >= 0.3 is 0 Å². The number of hydrogen-bond donors (Lipinski definition) is 1. The van der Waals surface area contributed by atoms with Gasteiger partial charge in [0.15, 0.2) is 5.96 Å². The first-order valence-corrected chi connectivity index (χ1v) is 9.30. The minimum absolute atomic E-state index is 0. The predicted molar refractivity (Wildman–Crippen MR) is 117 cm³/mol. The van der Waals surface area contributed by atoms with Crippen molar-refractivity contribution < 1.29 is 0 Å². The number of nitrogens with zero attached hydrogens (tertiary/aromatic N) is 3. The van der Waals surface area contributed by atoms with Crippen molar-refractivity contribution in [2.75, 3.05) is 40.3 Å². The second-order valence-corrected chi connectivity index (χ2v) is 7.36. The molecule has 2 rings (SSSR count). The average Bonchev–Trinajstić information content (AvgIpc) is 2.53. The number of likely N-dealkylation sites (tertiary alicyclic amines) is 1. The Balaban J connectivity index is 0.00000288. The number of rotatable bonds is 5. The smallest absolute Gasteiger partial charge is 0.193 e. The summed E-state index contributed by atoms with van der Waals surface area (Å²) in [6.45, 7) is 7.19. The number of aliphatic imine (C=N–C) groups is 1. The van der Waals surface area contributed by atoms with Gasteiger partial charge in [-0.2, -0.15) is 0 Å². The monoisotopic (exact) mass is 508 g/mol. The second-order valence-electron chi connectivity index (χ2n) is 6.45. The lowest BCUT2D eigenvalue weighted by atomic mass is 9.99. The molecular weight excluding hydrogens is 479 g/mol. The molecular formula is C18H30BrIN4. The van der Waals surface area contributed by atoms with E-state index in [1.54, 1.807) is 0 Å². The summed E-state index contributed by atoms with van der Waals surface area (Å²) in [5, 5.41) is 3.42. The Morgan fingerprint density at radius 1 is 1.38 bits per heavy atom. The van der Waals surface area contributed by atoms with Crippen LogP contribution in [0.5, 0.6) is 0 Å². The Morgan fingerprint density at radius 3 is 2.71 bits per heavy atom. The lowest BCUT2D eigenvalue weighted by Gasteiger charge is -2.29. The molecule has 1 saturated heterocycles. The molecule has 1 aliphatic rings. The fourth-order valence-corrected chi connectivity index (χ4v) is 3.31. The summed E-state index contributed by atoms with van der Waals surface area (Å²) in [6.07, 6.45) is 2.59. The first-order chi connectivity index (χ1) is 11.1. The fraction of sp³-hybridized carbons (Fsp3) is 0.611. The Bertz CT molecular complexity index is 506. The maximum atomic E-state index is 4.88. The van der Waals surface area contributed by atoms with Crippen molar-refractivity contribution in [1.29, 1.82) is 0 Å². The molecule has 6 heteroatoms. The summed E-state index contributed by atoms with van der Waals surface area (Å²) in [5.74, 6) is 1.69. The summed E-state index contributed by atoms with van der Waals surface area (Å²) >= 11 is 3.49. The molecule has 0 bridgehead atoms. The van der Waals surface area contributed by atoms with E-state index in [2.05, 4.69) is 76.3 Å². The third kappa shape index (κ3) is 7.27. The van der Waals surface area contributed by atoms with E-state index in [1.165, 1.54) is 31.5 Å². The van der Waals surface area contributed by atoms with Crippen LogP contribution >= 0.6 is 39.9 Å². The van der Waals surface area contributed by atoms with Gasteiger partial charge in [0, 0.05) is 37.7 Å². The van der Waals surface area contributed by atoms with Crippen molar-refractivity contribution in [2.45, 2.75) is 26.3 Å². The van der Waals surface area contributed by atoms with Crippen LogP contribution in [0.3, 0.4) is 0 Å². The Morgan fingerprint density at radius 2 is 2.08 bits per heavy atom. The molecule has 1 fully saturated rings. The van der Waals surface area contributed by atoms with Crippen LogP contribution in [0.15, 0.2) is 33.7 Å². The van der Waals surface area contributed by atoms with Crippen molar-refractivity contribution in [3.05, 3.63) is 34.3 Å². The number of nitrogens with one attached hydrogen (secondary N) is 1. The molecule has 0 aromatic heterocycles. The van der Waals surface area contributed by atoms with Gasteiger partial charge in [0.25, 0.3) is 0 Å². The van der Waals surface area contributed by atoms with Crippen LogP contribution in [-0.4, -0.2) is 56.0 Å². The van der Waals surface area contributed by atoms with Crippen molar-refractivity contribution in [2.24, 2.45) is 10.9 Å². The molecule has 4 nitrogen and oxygen atoms in total. The van der Waals surface area contributed by atoms with Gasteiger partial charge in [0.1, 0.15) is 0 Å². The van der Waals surface area contributed by atoms with Gasteiger partial charge in [-0.3, -0.25) is 4.99 Å². The summed E-state index contributed by atoms with van der Waals surface area (Å²) in [6, 6.07) is 8.48. The number of halogens is 2. The Hall–Kier alpha value is -0.340. The highest BCUT2D eigenvalue weighted by atomic mass is 127. The van der Waals surface area contributed by atoms with Crippen molar-refractivity contribution >= 4 is 45.9 Å². The minimum Gasteiger partial charge on any atom is -0.357 e. The predicted octanol–water partition coefficient (Wildman–Crippen LogP) is 3.81. The summed E-state index contributed by atoms with van der Waals surface area (Å²) in [7, 11) is 4.32. The van der Waals surface area contributed by atoms with Gasteiger partial charge in [-0.1, -0.05) is 28.1 Å². The van der Waals surface area contributed by atoms with Gasteiger partial charge in [-0.15, -0.1) is 24.0 Å². The van der Waals surface area contributed by atoms with E-state index >= 15 is 0 Å². The highest BCUT2D eigenvalue weighted by Gasteiger charge is 2.17. The van der Waals surface area contributed by atoms with Crippen LogP contribution in [0, 0.1) is 5.92 Å². The summed E-state index contributed by atoms with van der Waals surface area (Å²) in [4.78, 5) is 9.51. The van der Waals surface area contributed by atoms with E-state index in [-0.39, 0.29) is 24.0 Å². The zero-order valence-electron chi connectivity index (χ0n) is 15.0. The van der Waals surface area contributed by atoms with E-state index in [0.717, 1.165) is 30.1 Å². The van der Waals surface area contributed by atoms with E-state index in [9.17, 15) is 0 Å². The van der Waals surface area contributed by atoms with Gasteiger partial charge in [0.05, 0.1) is 0 Å². The van der Waals surface area contributed by atoms with E-state index in [1.807, 2.05) is 0 Å². The molecule has 24 heavy (non-hydrogen) atoms. The molecule has 1 heterocycles. The molecule has 1 aromatic rings. The normalized spacial score (nSPS) is 18.8. The third-order valence-electron chi connectivity index (χ3n) is 4.25. The van der Waals surface area contributed by atoms with E-state index < -0.39 is 0 Å². The van der Waals surface area contributed by atoms with Crippen LogP contribution in [-0.2, 0) is 6.54 Å². The Labute approximate surface area is 172 Å². The van der Waals surface area contributed by atoms with Gasteiger partial charge < -0.3 is 15.1 Å². The summed E-state index contributed by atoms with van der Waals surface area (Å²) < 4.78 is 1.12. The highest BCUT2D eigenvalue weighted by molar-refractivity contribution is 14.0. The molecule has 0 saturated carbocycles. The molecule has 0 radical (unpaired) electrons. The lowest BCUT2D eigenvalue weighted by Crippen LogP contribution is -2.39. The molecule has 1 N–H and O–H groups in total. The van der Waals surface area contributed by atoms with Crippen LogP contribution in [0.1, 0.15) is 25.3 Å². The maximum Gasteiger partial charge on any atom is 0.193 e. The summed E-state index contributed by atoms with van der Waals surface area (Å²) in [5.41, 5.74) is 1.29. The Kier molecular flexibility index (Phi) is 10.2. The van der Waals surface area contributed by atoms with Crippen molar-refractivity contribution in [3.8, 4) is 0 Å². The molecule has 0 aliphatic carbocycles. The van der Waals surface area contributed by atoms with E-state index in [4.69, 9.17) is 4.99 Å². The SMILES string of the molecule is CCNC(=NCC1CCCN(C)C1)N(C)Cc1ccc(Br)cc1.I. The molecule has 0 spiro atoms. The zero-order valence-corrected chi connectivity index (χ0v) is 18.9. The molecule has 1 atom stereocenters. The second kappa shape index (κ2) is 11.3. The number of benzene rings is 1. The van der Waals surface area contributed by atoms with Crippen LogP contribution in [0.25, 0.3) is 0 Å². The fourth-order valence-electron chi connectivity index (χ4n) is 3.05. The van der Waals surface area contributed by atoms with Gasteiger partial charge in [-0.05, 0) is 57.0 Å². The number of hydrogen-bond acceptors (Lipinski definition) is 2. The van der Waals surface area contributed by atoms with Gasteiger partial charge in [0.2, 0.25) is 0 Å². The maximum absolute atomic E-state index is 4.88. The topological polar surface area (TPSA) is 30.9 Å². The van der Waals surface area contributed by atoms with Crippen molar-refractivity contribution in [1.82, 2.24) is 15.1 Å². The molecule has 1 aliphatic heterocycles. The molecule has 136 valence electrons. The molecule has 0 amide bonds. The number of piperidine rings is 1. The highest BCUT2D eigenvalue weighted by Crippen LogP contribution is 2.16. The minimum atomic E-state index is 0. The standard InChI is InChI=1S/C18H29BrN4.HI/c1-4-20-18(21-12-16-6-5-11-22(2)13-16)23(3)14-15-7-9-17(19)10-8-15;/h7-10,16H,4-6,11-14H2,1-3H3,(H,20,21);1H. The van der Waals surface area contributed by atoms with Gasteiger partial charge in [-0.25, -0.2) is 0 Å². The lowest BCUT2D eigenvalue weighted by molar-refractivity contribution is 0.214. The molecule has 1 unspecified atom stereocenters. The quantitative estimate of drug-likeness (QED) is 0.373. The van der Waals surface area contributed by atoms with Crippen LogP contribution in [0.2, 0.25) is 0 Å². The van der Waals surface area contributed by atoms with Crippen LogP contribution < -0.4 is 5.32 Å². The number of guanidine groups is 1. The average molecular weight is 509 g/mol. The zero-order chi connectivity index (χ0) is 16.7. The first-order valence-electron chi connectivity index (χ1n) is 8.51. The van der Waals surface area contributed by atoms with Crippen LogP contribution in [0.4, 0.5) is 0 Å². The molecule has 1 aromatic carbocycles. The largest absolute Gasteiger partial charge is 0.357 e.